The molecule has 88 valence electrons. The van der Waals surface area contributed by atoms with Crippen molar-refractivity contribution in [2.45, 2.75) is 57.9 Å². The van der Waals surface area contributed by atoms with Crippen LogP contribution >= 0.6 is 0 Å². The van der Waals surface area contributed by atoms with Crippen molar-refractivity contribution in [3.63, 3.8) is 0 Å². The van der Waals surface area contributed by atoms with Gasteiger partial charge in [-0.3, -0.25) is 0 Å². The monoisotopic (exact) mass is 219 g/mol. The van der Waals surface area contributed by atoms with Crippen molar-refractivity contribution in [2.24, 2.45) is 0 Å². The first-order valence-electron chi connectivity index (χ1n) is 6.40. The third-order valence-corrected chi connectivity index (χ3v) is 3.25. The highest BCUT2D eigenvalue weighted by Crippen LogP contribution is 2.19. The summed E-state index contributed by atoms with van der Waals surface area (Å²) in [6, 6.07) is 2.67. The van der Waals surface area contributed by atoms with E-state index in [2.05, 4.69) is 28.5 Å². The Morgan fingerprint density at radius 3 is 2.50 bits per heavy atom. The fourth-order valence-corrected chi connectivity index (χ4v) is 2.34. The van der Waals surface area contributed by atoms with Gasteiger partial charge in [0, 0.05) is 6.04 Å². The number of nitrogens with one attached hydrogen (secondary N) is 1. The third kappa shape index (κ3) is 3.47. The molecular formula is C13H21N3. The van der Waals surface area contributed by atoms with Gasteiger partial charge in [0.05, 0.1) is 6.20 Å². The minimum Gasteiger partial charge on any atom is -0.366 e. The van der Waals surface area contributed by atoms with Crippen LogP contribution in [0.2, 0.25) is 0 Å². The van der Waals surface area contributed by atoms with E-state index in [9.17, 15) is 0 Å². The quantitative estimate of drug-likeness (QED) is 0.829. The molecule has 0 radical (unpaired) electrons. The maximum atomic E-state index is 4.13. The number of hydrogen-bond acceptors (Lipinski definition) is 3. The second kappa shape index (κ2) is 5.83. The lowest BCUT2D eigenvalue weighted by atomic mass is 9.97. The molecule has 0 unspecified atom stereocenters. The molecule has 0 amide bonds. The van der Waals surface area contributed by atoms with Crippen molar-refractivity contribution >= 4 is 5.82 Å². The highest BCUT2D eigenvalue weighted by atomic mass is 15.2. The molecule has 3 heteroatoms. The maximum Gasteiger partial charge on any atom is 0.149 e. The van der Waals surface area contributed by atoms with Crippen molar-refractivity contribution in [1.29, 1.82) is 0 Å². The van der Waals surface area contributed by atoms with Gasteiger partial charge in [0.2, 0.25) is 0 Å². The molecule has 1 aromatic heterocycles. The topological polar surface area (TPSA) is 37.8 Å². The van der Waals surface area contributed by atoms with E-state index in [1.54, 1.807) is 6.20 Å². The van der Waals surface area contributed by atoms with Gasteiger partial charge in [-0.25, -0.2) is 0 Å². The molecule has 1 fully saturated rings. The summed E-state index contributed by atoms with van der Waals surface area (Å²) in [6.07, 6.45) is 11.2. The molecule has 3 nitrogen and oxygen atoms in total. The van der Waals surface area contributed by atoms with E-state index in [-0.39, 0.29) is 0 Å². The van der Waals surface area contributed by atoms with Crippen molar-refractivity contribution < 1.29 is 0 Å². The summed E-state index contributed by atoms with van der Waals surface area (Å²) < 4.78 is 0. The van der Waals surface area contributed by atoms with E-state index in [0.717, 1.165) is 5.82 Å². The molecule has 0 bridgehead atoms. The number of anilines is 1. The fraction of sp³-hybridized carbons (Fsp3) is 0.692. The van der Waals surface area contributed by atoms with Crippen molar-refractivity contribution in [2.75, 3.05) is 5.32 Å². The number of aryl methyl sites for hydroxylation is 1. The predicted molar refractivity (Wildman–Crippen MR) is 66.5 cm³/mol. The fourth-order valence-electron chi connectivity index (χ4n) is 2.34. The number of aromatic nitrogens is 2. The first-order valence-corrected chi connectivity index (χ1v) is 6.40. The largest absolute Gasteiger partial charge is 0.366 e. The van der Waals surface area contributed by atoms with Crippen LogP contribution in [0.3, 0.4) is 0 Å². The van der Waals surface area contributed by atoms with Crippen LogP contribution in [0.15, 0.2) is 12.3 Å². The molecule has 16 heavy (non-hydrogen) atoms. The first kappa shape index (κ1) is 11.4. The van der Waals surface area contributed by atoms with E-state index >= 15 is 0 Å². The van der Waals surface area contributed by atoms with E-state index < -0.39 is 0 Å². The second-order valence-corrected chi connectivity index (χ2v) is 4.80. The van der Waals surface area contributed by atoms with Gasteiger partial charge in [0.25, 0.3) is 0 Å². The number of nitrogens with zero attached hydrogens (tertiary/aromatic N) is 2. The Labute approximate surface area is 97.7 Å². The van der Waals surface area contributed by atoms with Gasteiger partial charge in [-0.2, -0.15) is 5.10 Å². The average Bonchev–Trinajstić information content (AvgIpc) is 2.22. The molecule has 0 spiro atoms. The summed E-state index contributed by atoms with van der Waals surface area (Å²) >= 11 is 0. The zero-order chi connectivity index (χ0) is 11.2. The summed E-state index contributed by atoms with van der Waals surface area (Å²) in [4.78, 5) is 0. The van der Waals surface area contributed by atoms with Crippen molar-refractivity contribution in [1.82, 2.24) is 10.2 Å². The highest BCUT2D eigenvalue weighted by Gasteiger charge is 2.11. The van der Waals surface area contributed by atoms with Crippen LogP contribution in [0.25, 0.3) is 0 Å². The Balaban J connectivity index is 1.91. The lowest BCUT2D eigenvalue weighted by molar-refractivity contribution is 0.470. The van der Waals surface area contributed by atoms with Gasteiger partial charge in [-0.05, 0) is 31.4 Å². The zero-order valence-electron chi connectivity index (χ0n) is 10.1. The maximum absolute atomic E-state index is 4.13. The second-order valence-electron chi connectivity index (χ2n) is 4.80. The number of rotatable bonds is 2. The minimum atomic E-state index is 0.594. The van der Waals surface area contributed by atoms with Crippen molar-refractivity contribution in [3.05, 3.63) is 17.8 Å². The highest BCUT2D eigenvalue weighted by molar-refractivity contribution is 5.36. The Bertz CT molecular complexity index is 317. The lowest BCUT2D eigenvalue weighted by Gasteiger charge is -2.21. The van der Waals surface area contributed by atoms with Crippen LogP contribution in [0.4, 0.5) is 5.82 Å². The smallest absolute Gasteiger partial charge is 0.149 e. The Morgan fingerprint density at radius 2 is 1.81 bits per heavy atom. The van der Waals surface area contributed by atoms with Crippen LogP contribution < -0.4 is 5.32 Å². The third-order valence-electron chi connectivity index (χ3n) is 3.25. The molecule has 1 N–H and O–H groups in total. The Morgan fingerprint density at radius 1 is 1.12 bits per heavy atom. The Hall–Kier alpha value is -1.12. The molecule has 1 saturated carbocycles. The minimum absolute atomic E-state index is 0.594. The summed E-state index contributed by atoms with van der Waals surface area (Å²) in [5, 5.41) is 11.6. The molecule has 0 saturated heterocycles. The first-order chi connectivity index (χ1) is 7.84. The summed E-state index contributed by atoms with van der Waals surface area (Å²) in [5.74, 6) is 0.936. The van der Waals surface area contributed by atoms with Gasteiger partial charge >= 0.3 is 0 Å². The SMILES string of the molecule is Cc1cnnc(NC2CCCCCCC2)c1. The van der Waals surface area contributed by atoms with Gasteiger partial charge in [-0.1, -0.05) is 32.1 Å². The van der Waals surface area contributed by atoms with Crippen molar-refractivity contribution in [3.8, 4) is 0 Å². The number of hydrogen-bond donors (Lipinski definition) is 1. The van der Waals surface area contributed by atoms with Crippen LogP contribution in [0.5, 0.6) is 0 Å². The normalized spacial score (nSPS) is 18.8. The zero-order valence-corrected chi connectivity index (χ0v) is 10.1. The lowest BCUT2D eigenvalue weighted by Crippen LogP contribution is -2.21. The molecular weight excluding hydrogens is 198 g/mol. The van der Waals surface area contributed by atoms with Gasteiger partial charge < -0.3 is 5.32 Å². The standard InChI is InChI=1S/C13H21N3/c1-11-9-13(16-14-10-11)15-12-7-5-3-2-4-6-8-12/h9-10,12H,2-8H2,1H3,(H,15,16). The van der Waals surface area contributed by atoms with Crippen LogP contribution in [-0.4, -0.2) is 16.2 Å². The van der Waals surface area contributed by atoms with Gasteiger partial charge in [0.1, 0.15) is 5.82 Å². The molecule has 1 aliphatic carbocycles. The van der Waals surface area contributed by atoms with E-state index in [4.69, 9.17) is 0 Å². The van der Waals surface area contributed by atoms with E-state index in [0.29, 0.717) is 6.04 Å². The molecule has 0 aromatic carbocycles. The predicted octanol–water partition coefficient (Wildman–Crippen LogP) is 3.31. The summed E-state index contributed by atoms with van der Waals surface area (Å²) in [6.45, 7) is 2.05. The molecule has 1 aliphatic rings. The van der Waals surface area contributed by atoms with Crippen LogP contribution in [0.1, 0.15) is 50.5 Å². The average molecular weight is 219 g/mol. The van der Waals surface area contributed by atoms with Gasteiger partial charge in [0.15, 0.2) is 0 Å². The molecule has 2 rings (SSSR count). The van der Waals surface area contributed by atoms with Crippen LogP contribution in [-0.2, 0) is 0 Å². The van der Waals surface area contributed by atoms with Crippen LogP contribution in [0, 0.1) is 6.92 Å². The Kier molecular flexibility index (Phi) is 4.14. The summed E-state index contributed by atoms with van der Waals surface area (Å²) in [5.41, 5.74) is 1.17. The molecule has 1 aromatic rings. The molecule has 0 aliphatic heterocycles. The van der Waals surface area contributed by atoms with E-state index in [1.165, 1.54) is 50.5 Å². The molecule has 1 heterocycles. The summed E-state index contributed by atoms with van der Waals surface area (Å²) in [7, 11) is 0. The van der Waals surface area contributed by atoms with E-state index in [1.807, 2.05) is 0 Å². The molecule has 0 atom stereocenters. The van der Waals surface area contributed by atoms with Gasteiger partial charge in [-0.15, -0.1) is 5.10 Å².